The highest BCUT2D eigenvalue weighted by Gasteiger charge is 2.17. The Balaban J connectivity index is 2.75. The SMILES string of the molecule is Cc1noc(C(C)CS(C)(=O)=O)n1. The van der Waals surface area contributed by atoms with Gasteiger partial charge in [0.2, 0.25) is 5.89 Å². The normalized spacial score (nSPS) is 14.4. The Morgan fingerprint density at radius 2 is 2.15 bits per heavy atom. The molecule has 0 amide bonds. The van der Waals surface area contributed by atoms with Crippen molar-refractivity contribution in [1.29, 1.82) is 0 Å². The van der Waals surface area contributed by atoms with Gasteiger partial charge < -0.3 is 4.52 Å². The molecule has 1 rings (SSSR count). The van der Waals surface area contributed by atoms with E-state index < -0.39 is 9.84 Å². The molecule has 0 aromatic carbocycles. The van der Waals surface area contributed by atoms with Crippen molar-refractivity contribution in [2.24, 2.45) is 0 Å². The van der Waals surface area contributed by atoms with Gasteiger partial charge in [-0.3, -0.25) is 0 Å². The lowest BCUT2D eigenvalue weighted by atomic mass is 10.2. The second-order valence-electron chi connectivity index (χ2n) is 3.17. The average Bonchev–Trinajstić information content (AvgIpc) is 2.31. The van der Waals surface area contributed by atoms with Gasteiger partial charge in [0.15, 0.2) is 5.82 Å². The van der Waals surface area contributed by atoms with Crippen LogP contribution >= 0.6 is 0 Å². The van der Waals surface area contributed by atoms with E-state index in [1.165, 1.54) is 6.26 Å². The molecule has 0 aliphatic rings. The average molecular weight is 204 g/mol. The lowest BCUT2D eigenvalue weighted by Crippen LogP contribution is -2.10. The summed E-state index contributed by atoms with van der Waals surface area (Å²) < 4.78 is 26.7. The molecule has 1 aromatic rings. The molecule has 13 heavy (non-hydrogen) atoms. The number of hydrogen-bond donors (Lipinski definition) is 0. The molecule has 74 valence electrons. The summed E-state index contributed by atoms with van der Waals surface area (Å²) in [6.07, 6.45) is 1.19. The fourth-order valence-corrected chi connectivity index (χ4v) is 2.09. The van der Waals surface area contributed by atoms with Crippen LogP contribution in [0.4, 0.5) is 0 Å². The third-order valence-corrected chi connectivity index (χ3v) is 2.62. The highest BCUT2D eigenvalue weighted by atomic mass is 32.2. The van der Waals surface area contributed by atoms with Crippen LogP contribution < -0.4 is 0 Å². The van der Waals surface area contributed by atoms with Gasteiger partial charge in [-0.25, -0.2) is 8.42 Å². The summed E-state index contributed by atoms with van der Waals surface area (Å²) in [5.41, 5.74) is 0. The van der Waals surface area contributed by atoms with E-state index in [0.29, 0.717) is 11.7 Å². The summed E-state index contributed by atoms with van der Waals surface area (Å²) in [4.78, 5) is 3.95. The first-order valence-corrected chi connectivity index (χ1v) is 5.92. The molecule has 6 heteroatoms. The Hall–Kier alpha value is -0.910. The maximum Gasteiger partial charge on any atom is 0.230 e. The van der Waals surface area contributed by atoms with Crippen molar-refractivity contribution in [2.45, 2.75) is 19.8 Å². The minimum atomic E-state index is -2.99. The van der Waals surface area contributed by atoms with Crippen molar-refractivity contribution >= 4 is 9.84 Å². The van der Waals surface area contributed by atoms with Crippen LogP contribution in [0.5, 0.6) is 0 Å². The minimum absolute atomic E-state index is 0.0363. The van der Waals surface area contributed by atoms with Gasteiger partial charge in [0.05, 0.1) is 5.75 Å². The summed E-state index contributed by atoms with van der Waals surface area (Å²) in [6, 6.07) is 0. The third kappa shape index (κ3) is 3.14. The monoisotopic (exact) mass is 204 g/mol. The number of rotatable bonds is 3. The Kier molecular flexibility index (Phi) is 2.70. The third-order valence-electron chi connectivity index (χ3n) is 1.52. The smallest absolute Gasteiger partial charge is 0.230 e. The predicted molar refractivity (Wildman–Crippen MR) is 47.2 cm³/mol. The largest absolute Gasteiger partial charge is 0.339 e. The highest BCUT2D eigenvalue weighted by Crippen LogP contribution is 2.14. The van der Waals surface area contributed by atoms with Crippen LogP contribution in [-0.4, -0.2) is 30.6 Å². The summed E-state index contributed by atoms with van der Waals surface area (Å²) >= 11 is 0. The van der Waals surface area contributed by atoms with Crippen LogP contribution in [0.2, 0.25) is 0 Å². The van der Waals surface area contributed by atoms with E-state index in [2.05, 4.69) is 10.1 Å². The molecule has 0 aliphatic heterocycles. The van der Waals surface area contributed by atoms with E-state index in [-0.39, 0.29) is 11.7 Å². The molecular weight excluding hydrogens is 192 g/mol. The standard InChI is InChI=1S/C7H12N2O3S/c1-5(4-13(3,10)11)7-8-6(2)9-12-7/h5H,4H2,1-3H3. The summed E-state index contributed by atoms with van der Waals surface area (Å²) in [7, 11) is -2.99. The van der Waals surface area contributed by atoms with Crippen LogP contribution in [0.3, 0.4) is 0 Å². The molecule has 1 unspecified atom stereocenters. The second kappa shape index (κ2) is 3.45. The van der Waals surface area contributed by atoms with Crippen molar-refractivity contribution < 1.29 is 12.9 Å². The summed E-state index contributed by atoms with van der Waals surface area (Å²) in [5.74, 6) is 0.698. The molecule has 5 nitrogen and oxygen atoms in total. The van der Waals surface area contributed by atoms with Gasteiger partial charge in [-0.15, -0.1) is 0 Å². The molecule has 0 spiro atoms. The number of aromatic nitrogens is 2. The maximum atomic E-state index is 10.9. The van der Waals surface area contributed by atoms with E-state index in [1.807, 2.05) is 0 Å². The Morgan fingerprint density at radius 3 is 2.54 bits per heavy atom. The van der Waals surface area contributed by atoms with Crippen molar-refractivity contribution in [1.82, 2.24) is 10.1 Å². The topological polar surface area (TPSA) is 73.1 Å². The Bertz CT molecular complexity index is 382. The number of aryl methyl sites for hydroxylation is 1. The van der Waals surface area contributed by atoms with Crippen molar-refractivity contribution in [2.75, 3.05) is 12.0 Å². The first-order valence-electron chi connectivity index (χ1n) is 3.86. The number of sulfone groups is 1. The van der Waals surface area contributed by atoms with Gasteiger partial charge in [-0.2, -0.15) is 4.98 Å². The van der Waals surface area contributed by atoms with Gasteiger partial charge in [-0.1, -0.05) is 12.1 Å². The predicted octanol–water partition coefficient (Wildman–Crippen LogP) is 0.526. The molecule has 1 heterocycles. The van der Waals surface area contributed by atoms with Gasteiger partial charge in [0, 0.05) is 12.2 Å². The summed E-state index contributed by atoms with van der Waals surface area (Å²) in [6.45, 7) is 3.44. The fourth-order valence-electron chi connectivity index (χ4n) is 1.04. The maximum absolute atomic E-state index is 10.9. The lowest BCUT2D eigenvalue weighted by Gasteiger charge is -2.02. The zero-order chi connectivity index (χ0) is 10.1. The molecule has 1 atom stereocenters. The van der Waals surface area contributed by atoms with Crippen molar-refractivity contribution in [3.05, 3.63) is 11.7 Å². The van der Waals surface area contributed by atoms with Gasteiger partial charge in [-0.05, 0) is 6.92 Å². The molecule has 0 saturated heterocycles. The minimum Gasteiger partial charge on any atom is -0.339 e. The van der Waals surface area contributed by atoms with Crippen LogP contribution in [0.25, 0.3) is 0 Å². The zero-order valence-electron chi connectivity index (χ0n) is 7.81. The lowest BCUT2D eigenvalue weighted by molar-refractivity contribution is 0.362. The van der Waals surface area contributed by atoms with Crippen molar-refractivity contribution in [3.8, 4) is 0 Å². The Labute approximate surface area is 77.1 Å². The Morgan fingerprint density at radius 1 is 1.54 bits per heavy atom. The van der Waals surface area contributed by atoms with Crippen LogP contribution in [0.15, 0.2) is 4.52 Å². The molecule has 0 fully saturated rings. The molecule has 0 saturated carbocycles. The first-order chi connectivity index (χ1) is 5.88. The van der Waals surface area contributed by atoms with Gasteiger partial charge in [0.25, 0.3) is 0 Å². The van der Waals surface area contributed by atoms with E-state index in [4.69, 9.17) is 4.52 Å². The van der Waals surface area contributed by atoms with E-state index in [1.54, 1.807) is 13.8 Å². The quantitative estimate of drug-likeness (QED) is 0.718. The summed E-state index contributed by atoms with van der Waals surface area (Å²) in [5, 5.41) is 3.59. The van der Waals surface area contributed by atoms with Crippen molar-refractivity contribution in [3.63, 3.8) is 0 Å². The van der Waals surface area contributed by atoms with Crippen LogP contribution in [-0.2, 0) is 9.84 Å². The van der Waals surface area contributed by atoms with Gasteiger partial charge in [0.1, 0.15) is 9.84 Å². The number of nitrogens with zero attached hydrogens (tertiary/aromatic N) is 2. The molecular formula is C7H12N2O3S. The molecule has 0 radical (unpaired) electrons. The van der Waals surface area contributed by atoms with Crippen LogP contribution in [0.1, 0.15) is 24.6 Å². The molecule has 1 aromatic heterocycles. The number of hydrogen-bond acceptors (Lipinski definition) is 5. The molecule has 0 aliphatic carbocycles. The first kappa shape index (κ1) is 10.2. The molecule has 0 N–H and O–H groups in total. The fraction of sp³-hybridized carbons (Fsp3) is 0.714. The van der Waals surface area contributed by atoms with Crippen LogP contribution in [0, 0.1) is 6.92 Å². The zero-order valence-corrected chi connectivity index (χ0v) is 8.63. The molecule has 0 bridgehead atoms. The van der Waals surface area contributed by atoms with Gasteiger partial charge >= 0.3 is 0 Å². The van der Waals surface area contributed by atoms with E-state index >= 15 is 0 Å². The highest BCUT2D eigenvalue weighted by molar-refractivity contribution is 7.90. The van der Waals surface area contributed by atoms with E-state index in [9.17, 15) is 8.42 Å². The van der Waals surface area contributed by atoms with E-state index in [0.717, 1.165) is 0 Å². The second-order valence-corrected chi connectivity index (χ2v) is 5.36.